The van der Waals surface area contributed by atoms with E-state index in [4.69, 9.17) is 5.11 Å². The average molecular weight is 298 g/mol. The van der Waals surface area contributed by atoms with Gasteiger partial charge in [-0.25, -0.2) is 4.79 Å². The predicted octanol–water partition coefficient (Wildman–Crippen LogP) is 0.875. The van der Waals surface area contributed by atoms with Crippen LogP contribution >= 0.6 is 0 Å². The van der Waals surface area contributed by atoms with Gasteiger partial charge in [0.2, 0.25) is 0 Å². The molecule has 0 aromatic carbocycles. The minimum absolute atomic E-state index is 0.508. The van der Waals surface area contributed by atoms with Crippen molar-refractivity contribution in [2.45, 2.75) is 0 Å². The smallest absolute Gasteiger partial charge is 0.327 e. The first-order valence-corrected chi connectivity index (χ1v) is 6.24. The first kappa shape index (κ1) is 21.1. The third kappa shape index (κ3) is 12.5. The van der Waals surface area contributed by atoms with Crippen molar-refractivity contribution in [1.82, 2.24) is 9.80 Å². The van der Waals surface area contributed by atoms with Crippen LogP contribution in [-0.4, -0.2) is 87.9 Å². The highest BCUT2D eigenvalue weighted by Crippen LogP contribution is 1.89. The Bertz CT molecular complexity index is 371. The van der Waals surface area contributed by atoms with E-state index in [1.54, 1.807) is 14.1 Å². The van der Waals surface area contributed by atoms with Gasteiger partial charge in [0, 0.05) is 48.4 Å². The van der Waals surface area contributed by atoms with Crippen molar-refractivity contribution in [3.8, 4) is 0 Å². The lowest BCUT2D eigenvalue weighted by Crippen LogP contribution is -2.25. The highest BCUT2D eigenvalue weighted by atomic mass is 16.4. The number of amidine groups is 2. The third-order valence-electron chi connectivity index (χ3n) is 2.25. The van der Waals surface area contributed by atoms with Crippen LogP contribution in [0.15, 0.2) is 32.9 Å². The molecule has 0 aromatic heterocycles. The predicted molar refractivity (Wildman–Crippen MR) is 86.5 cm³/mol. The molecule has 0 aliphatic heterocycles. The second-order valence-corrected chi connectivity index (χ2v) is 4.21. The molecule has 0 amide bonds. The van der Waals surface area contributed by atoms with Crippen molar-refractivity contribution >= 4 is 17.6 Å². The Morgan fingerprint density at radius 2 is 1.29 bits per heavy atom. The second kappa shape index (κ2) is 12.8. The molecule has 0 rings (SSSR count). The van der Waals surface area contributed by atoms with Crippen LogP contribution < -0.4 is 0 Å². The number of hydrogen-bond acceptors (Lipinski definition) is 5. The molecule has 0 saturated carbocycles. The molecule has 0 heterocycles. The summed E-state index contributed by atoms with van der Waals surface area (Å²) in [5, 5.41) is 15.8. The summed E-state index contributed by atoms with van der Waals surface area (Å²) >= 11 is 0. The maximum absolute atomic E-state index is 9.25. The fourth-order valence-corrected chi connectivity index (χ4v) is 1.05. The van der Waals surface area contributed by atoms with E-state index in [2.05, 4.69) is 26.8 Å². The number of azo groups is 1. The number of nitrogens with zero attached hydrogens (tertiary/aromatic N) is 6. The number of aliphatic carboxylic acids is 1. The molecular weight excluding hydrogens is 272 g/mol. The Balaban J connectivity index is 0. The largest absolute Gasteiger partial charge is 0.478 e. The van der Waals surface area contributed by atoms with Gasteiger partial charge in [0.05, 0.1) is 0 Å². The topological polar surface area (TPSA) is 93.2 Å². The van der Waals surface area contributed by atoms with E-state index in [1.165, 1.54) is 0 Å². The number of rotatable bonds is 5. The van der Waals surface area contributed by atoms with Crippen LogP contribution in [0.1, 0.15) is 0 Å². The van der Waals surface area contributed by atoms with Crippen LogP contribution in [0.4, 0.5) is 0 Å². The molecule has 0 aromatic rings. The third-order valence-corrected chi connectivity index (χ3v) is 2.25. The minimum atomic E-state index is -0.981. The van der Waals surface area contributed by atoms with Crippen LogP contribution in [-0.2, 0) is 4.79 Å². The van der Waals surface area contributed by atoms with Crippen LogP contribution in [0.2, 0.25) is 0 Å². The van der Waals surface area contributed by atoms with E-state index >= 15 is 0 Å². The monoisotopic (exact) mass is 298 g/mol. The van der Waals surface area contributed by atoms with Crippen LogP contribution in [0.3, 0.4) is 0 Å². The van der Waals surface area contributed by atoms with E-state index in [-0.39, 0.29) is 0 Å². The summed E-state index contributed by atoms with van der Waals surface area (Å²) in [5.41, 5.74) is 0. The van der Waals surface area contributed by atoms with Crippen molar-refractivity contribution in [2.75, 3.05) is 55.4 Å². The van der Waals surface area contributed by atoms with Crippen molar-refractivity contribution in [1.29, 1.82) is 0 Å². The maximum atomic E-state index is 9.25. The molecule has 0 saturated heterocycles. The van der Waals surface area contributed by atoms with Crippen LogP contribution in [0, 0.1) is 0 Å². The molecule has 0 atom stereocenters. The molecule has 0 bridgehead atoms. The van der Waals surface area contributed by atoms with Gasteiger partial charge in [-0.3, -0.25) is 9.98 Å². The molecule has 1 N–H and O–H groups in total. The van der Waals surface area contributed by atoms with E-state index in [0.717, 1.165) is 17.7 Å². The summed E-state index contributed by atoms with van der Waals surface area (Å²) in [7, 11) is 11.3. The summed E-state index contributed by atoms with van der Waals surface area (Å²) in [5.74, 6) is 0.831. The molecule has 0 radical (unpaired) electrons. The average Bonchev–Trinajstić information content (AvgIpc) is 2.42. The molecule has 0 spiro atoms. The SMILES string of the molecule is C=CC(=O)O.CN=C(CN=NCC(=NC)N(C)C)N(C)C. The van der Waals surface area contributed by atoms with E-state index in [0.29, 0.717) is 13.1 Å². The Morgan fingerprint density at radius 3 is 1.43 bits per heavy atom. The molecule has 0 unspecified atom stereocenters. The molecule has 0 fully saturated rings. The standard InChI is InChI=1S/C10H22N6.C3H4O2/c1-11-9(15(3)4)7-13-14-8-10(12-2)16(5)6;1-2-3(4)5/h7-8H2,1-6H3;2H,1H2,(H,4,5). The molecule has 8 heteroatoms. The molecule has 120 valence electrons. The highest BCUT2D eigenvalue weighted by Gasteiger charge is 2.00. The first-order valence-electron chi connectivity index (χ1n) is 6.24. The quantitative estimate of drug-likeness (QED) is 0.353. The second-order valence-electron chi connectivity index (χ2n) is 4.21. The van der Waals surface area contributed by atoms with Crippen LogP contribution in [0.25, 0.3) is 0 Å². The summed E-state index contributed by atoms with van der Waals surface area (Å²) in [4.78, 5) is 21.3. The normalized spacial score (nSPS) is 11.7. The lowest BCUT2D eigenvalue weighted by atomic mass is 10.5. The summed E-state index contributed by atoms with van der Waals surface area (Å²) in [6, 6.07) is 0. The van der Waals surface area contributed by atoms with E-state index < -0.39 is 5.97 Å². The number of carbonyl (C=O) groups is 1. The maximum Gasteiger partial charge on any atom is 0.327 e. The number of hydrogen-bond donors (Lipinski definition) is 1. The van der Waals surface area contributed by atoms with Crippen molar-refractivity contribution in [3.63, 3.8) is 0 Å². The highest BCUT2D eigenvalue weighted by molar-refractivity contribution is 5.84. The molecular formula is C13H26N6O2. The zero-order chi connectivity index (χ0) is 16.8. The van der Waals surface area contributed by atoms with Gasteiger partial charge < -0.3 is 14.9 Å². The number of likely N-dealkylation sites (N-methyl/N-ethyl adjacent to an activating group) is 2. The molecule has 0 aliphatic rings. The van der Waals surface area contributed by atoms with Crippen molar-refractivity contribution in [2.24, 2.45) is 20.2 Å². The van der Waals surface area contributed by atoms with Crippen LogP contribution in [0.5, 0.6) is 0 Å². The Morgan fingerprint density at radius 1 is 1.00 bits per heavy atom. The van der Waals surface area contributed by atoms with Gasteiger partial charge in [-0.2, -0.15) is 10.2 Å². The zero-order valence-corrected chi connectivity index (χ0v) is 13.7. The van der Waals surface area contributed by atoms with Crippen molar-refractivity contribution < 1.29 is 9.90 Å². The Labute approximate surface area is 126 Å². The van der Waals surface area contributed by atoms with Gasteiger partial charge in [0.1, 0.15) is 24.8 Å². The van der Waals surface area contributed by atoms with Gasteiger partial charge in [-0.15, -0.1) is 0 Å². The van der Waals surface area contributed by atoms with Gasteiger partial charge >= 0.3 is 5.97 Å². The number of aliphatic imine (C=N–C) groups is 2. The number of carboxylic acids is 1. The Kier molecular flexibility index (Phi) is 12.8. The minimum Gasteiger partial charge on any atom is -0.478 e. The fraction of sp³-hybridized carbons (Fsp3) is 0.615. The molecule has 0 aliphatic carbocycles. The number of carboxylic acid groups (broad SMARTS) is 1. The van der Waals surface area contributed by atoms with Gasteiger partial charge in [0.25, 0.3) is 0 Å². The summed E-state index contributed by atoms with van der Waals surface area (Å²) < 4.78 is 0. The fourth-order valence-electron chi connectivity index (χ4n) is 1.05. The first-order chi connectivity index (χ1) is 9.79. The zero-order valence-electron chi connectivity index (χ0n) is 13.7. The molecule has 8 nitrogen and oxygen atoms in total. The lowest BCUT2D eigenvalue weighted by molar-refractivity contribution is -0.131. The van der Waals surface area contributed by atoms with Gasteiger partial charge in [-0.1, -0.05) is 6.58 Å². The van der Waals surface area contributed by atoms with E-state index in [1.807, 2.05) is 38.0 Å². The Hall–Kier alpha value is -2.25. The van der Waals surface area contributed by atoms with Crippen molar-refractivity contribution in [3.05, 3.63) is 12.7 Å². The van der Waals surface area contributed by atoms with Gasteiger partial charge in [0.15, 0.2) is 0 Å². The molecule has 21 heavy (non-hydrogen) atoms. The van der Waals surface area contributed by atoms with Gasteiger partial charge in [-0.05, 0) is 0 Å². The summed E-state index contributed by atoms with van der Waals surface area (Å²) in [6.07, 6.45) is 0.833. The van der Waals surface area contributed by atoms with E-state index in [9.17, 15) is 4.79 Å². The summed E-state index contributed by atoms with van der Waals surface area (Å²) in [6.45, 7) is 3.98. The lowest BCUT2D eigenvalue weighted by Gasteiger charge is -2.13.